The SMILES string of the molecule is O=C(CN1CCCC1)N1CCc2nc(Nc3ncc4cc(C5COC5)nc(N5C6CCC5CC6)c4n3)ccc2C1. The van der Waals surface area contributed by atoms with Crippen molar-refractivity contribution in [1.82, 2.24) is 29.7 Å². The molecule has 0 spiro atoms. The van der Waals surface area contributed by atoms with Gasteiger partial charge in [-0.05, 0) is 69.3 Å². The van der Waals surface area contributed by atoms with E-state index >= 15 is 0 Å². The Labute approximate surface area is 234 Å². The fraction of sp³-hybridized carbons (Fsp3) is 0.567. The van der Waals surface area contributed by atoms with Crippen molar-refractivity contribution in [1.29, 1.82) is 0 Å². The lowest BCUT2D eigenvalue weighted by Crippen LogP contribution is -2.42. The van der Waals surface area contributed by atoms with Gasteiger partial charge in [-0.1, -0.05) is 6.07 Å². The van der Waals surface area contributed by atoms with E-state index in [2.05, 4.69) is 32.2 Å². The fourth-order valence-corrected chi connectivity index (χ4v) is 7.20. The summed E-state index contributed by atoms with van der Waals surface area (Å²) in [5.41, 5.74) is 4.16. The lowest BCUT2D eigenvalue weighted by molar-refractivity contribution is -0.133. The van der Waals surface area contributed by atoms with E-state index in [9.17, 15) is 4.79 Å². The Morgan fingerprint density at radius 1 is 1.00 bits per heavy atom. The van der Waals surface area contributed by atoms with Crippen LogP contribution in [0, 0.1) is 0 Å². The van der Waals surface area contributed by atoms with Crippen molar-refractivity contribution >= 4 is 34.4 Å². The lowest BCUT2D eigenvalue weighted by atomic mass is 10.0. The van der Waals surface area contributed by atoms with Crippen molar-refractivity contribution in [3.8, 4) is 0 Å². The van der Waals surface area contributed by atoms with E-state index in [4.69, 9.17) is 19.7 Å². The van der Waals surface area contributed by atoms with Crippen LogP contribution in [0.3, 0.4) is 0 Å². The van der Waals surface area contributed by atoms with E-state index in [1.54, 1.807) is 0 Å². The van der Waals surface area contributed by atoms with Crippen LogP contribution in [0.5, 0.6) is 0 Å². The van der Waals surface area contributed by atoms with Gasteiger partial charge in [-0.25, -0.2) is 19.9 Å². The van der Waals surface area contributed by atoms with Crippen LogP contribution in [0.4, 0.5) is 17.6 Å². The van der Waals surface area contributed by atoms with E-state index < -0.39 is 0 Å². The molecule has 40 heavy (non-hydrogen) atoms. The van der Waals surface area contributed by atoms with Crippen LogP contribution in [0.25, 0.3) is 10.9 Å². The van der Waals surface area contributed by atoms with Crippen LogP contribution in [0.15, 0.2) is 24.4 Å². The molecule has 10 nitrogen and oxygen atoms in total. The van der Waals surface area contributed by atoms with Crippen LogP contribution in [-0.4, -0.2) is 87.1 Å². The summed E-state index contributed by atoms with van der Waals surface area (Å²) in [6.45, 7) is 5.42. The molecule has 4 fully saturated rings. The first kappa shape index (κ1) is 24.4. The van der Waals surface area contributed by atoms with E-state index in [-0.39, 0.29) is 5.91 Å². The molecule has 5 aliphatic rings. The first-order chi connectivity index (χ1) is 19.7. The average molecular weight is 541 g/mol. The third kappa shape index (κ3) is 4.37. The molecule has 3 aromatic heterocycles. The maximum Gasteiger partial charge on any atom is 0.237 e. The minimum Gasteiger partial charge on any atom is -0.380 e. The largest absolute Gasteiger partial charge is 0.380 e. The van der Waals surface area contributed by atoms with Crippen LogP contribution in [0.2, 0.25) is 0 Å². The van der Waals surface area contributed by atoms with E-state index in [1.165, 1.54) is 38.5 Å². The maximum atomic E-state index is 12.8. The quantitative estimate of drug-likeness (QED) is 0.504. The Bertz CT molecular complexity index is 1430. The molecule has 0 radical (unpaired) electrons. The van der Waals surface area contributed by atoms with E-state index in [0.29, 0.717) is 43.6 Å². The van der Waals surface area contributed by atoms with E-state index in [0.717, 1.165) is 72.2 Å². The molecular formula is C30H36N8O2. The van der Waals surface area contributed by atoms with E-state index in [1.807, 2.05) is 17.2 Å². The third-order valence-corrected chi connectivity index (χ3v) is 9.52. The van der Waals surface area contributed by atoms with Gasteiger partial charge in [-0.3, -0.25) is 9.69 Å². The number of rotatable bonds is 6. The van der Waals surface area contributed by atoms with Gasteiger partial charge >= 0.3 is 0 Å². The minimum atomic E-state index is 0.225. The molecule has 0 unspecified atom stereocenters. The summed E-state index contributed by atoms with van der Waals surface area (Å²) in [5, 5.41) is 4.39. The highest BCUT2D eigenvalue weighted by molar-refractivity contribution is 5.90. The van der Waals surface area contributed by atoms with Crippen molar-refractivity contribution < 1.29 is 9.53 Å². The number of amides is 1. The summed E-state index contributed by atoms with van der Waals surface area (Å²) in [7, 11) is 0. The Hall–Kier alpha value is -3.37. The second-order valence-electron chi connectivity index (χ2n) is 12.1. The standard InChI is InChI=1S/C30H36N8O2/c39-27(16-36-10-1-2-11-36)37-12-9-24-19(15-37)3-8-26(32-24)34-30-31-14-20-13-25(21-17-40-18-21)33-29(28(20)35-30)38-22-4-5-23(38)7-6-22/h3,8,13-14,21-23H,1-2,4-7,9-12,15-18H2,(H,31,32,34,35). The summed E-state index contributed by atoms with van der Waals surface area (Å²) in [6.07, 6.45) is 10.0. The Morgan fingerprint density at radius 3 is 2.55 bits per heavy atom. The molecule has 0 aliphatic carbocycles. The number of nitrogens with one attached hydrogen (secondary N) is 1. The highest BCUT2D eigenvalue weighted by atomic mass is 16.5. The number of ether oxygens (including phenoxy) is 1. The Kier molecular flexibility index (Phi) is 6.06. The monoisotopic (exact) mass is 540 g/mol. The van der Waals surface area contributed by atoms with Crippen molar-refractivity contribution in [2.24, 2.45) is 0 Å². The number of hydrogen-bond donors (Lipinski definition) is 1. The average Bonchev–Trinajstić information content (AvgIpc) is 3.70. The molecule has 4 saturated heterocycles. The number of pyridine rings is 2. The van der Waals surface area contributed by atoms with Gasteiger partial charge in [-0.15, -0.1) is 0 Å². The van der Waals surface area contributed by atoms with Crippen LogP contribution in [0.1, 0.15) is 61.4 Å². The minimum absolute atomic E-state index is 0.225. The number of hydrogen-bond acceptors (Lipinski definition) is 9. The molecule has 3 aromatic rings. The number of anilines is 3. The van der Waals surface area contributed by atoms with Crippen LogP contribution in [-0.2, 0) is 22.5 Å². The summed E-state index contributed by atoms with van der Waals surface area (Å²) < 4.78 is 5.47. The number of nitrogens with zero attached hydrogens (tertiary/aromatic N) is 7. The molecular weight excluding hydrogens is 504 g/mol. The zero-order chi connectivity index (χ0) is 26.6. The predicted octanol–water partition coefficient (Wildman–Crippen LogP) is 3.39. The van der Waals surface area contributed by atoms with Gasteiger partial charge in [0.25, 0.3) is 0 Å². The van der Waals surface area contributed by atoms with Gasteiger partial charge < -0.3 is 19.9 Å². The molecule has 0 atom stereocenters. The summed E-state index contributed by atoms with van der Waals surface area (Å²) in [5.74, 6) is 2.85. The molecule has 1 N–H and O–H groups in total. The maximum absolute atomic E-state index is 12.8. The summed E-state index contributed by atoms with van der Waals surface area (Å²) >= 11 is 0. The molecule has 8 rings (SSSR count). The zero-order valence-electron chi connectivity index (χ0n) is 22.9. The van der Waals surface area contributed by atoms with Crippen LogP contribution < -0.4 is 10.2 Å². The topological polar surface area (TPSA) is 99.6 Å². The molecule has 0 aromatic carbocycles. The first-order valence-corrected chi connectivity index (χ1v) is 15.0. The van der Waals surface area contributed by atoms with Crippen LogP contribution >= 0.6 is 0 Å². The van der Waals surface area contributed by atoms with Crippen molar-refractivity contribution in [3.63, 3.8) is 0 Å². The zero-order valence-corrected chi connectivity index (χ0v) is 22.9. The van der Waals surface area contributed by atoms with Gasteiger partial charge in [0.15, 0.2) is 5.82 Å². The molecule has 5 aliphatic heterocycles. The van der Waals surface area contributed by atoms with Gasteiger partial charge in [0, 0.05) is 54.8 Å². The molecule has 0 saturated carbocycles. The molecule has 208 valence electrons. The Morgan fingerprint density at radius 2 is 1.80 bits per heavy atom. The number of fused-ring (bicyclic) bond motifs is 4. The van der Waals surface area contributed by atoms with Crippen molar-refractivity contribution in [2.75, 3.05) is 49.6 Å². The highest BCUT2D eigenvalue weighted by Gasteiger charge is 2.41. The van der Waals surface area contributed by atoms with Gasteiger partial charge in [-0.2, -0.15) is 0 Å². The van der Waals surface area contributed by atoms with Gasteiger partial charge in [0.1, 0.15) is 11.3 Å². The number of carbonyl (C=O) groups excluding carboxylic acids is 1. The summed E-state index contributed by atoms with van der Waals surface area (Å²) in [6, 6.07) is 7.32. The second-order valence-corrected chi connectivity index (χ2v) is 12.1. The van der Waals surface area contributed by atoms with Crippen molar-refractivity contribution in [3.05, 3.63) is 41.3 Å². The summed E-state index contributed by atoms with van der Waals surface area (Å²) in [4.78, 5) is 39.4. The van der Waals surface area contributed by atoms with Gasteiger partial charge in [0.05, 0.1) is 25.5 Å². The molecule has 1 amide bonds. The highest BCUT2D eigenvalue weighted by Crippen LogP contribution is 2.43. The molecule has 2 bridgehead atoms. The van der Waals surface area contributed by atoms with Crippen molar-refractivity contribution in [2.45, 2.75) is 69.5 Å². The number of carbonyl (C=O) groups is 1. The third-order valence-electron chi connectivity index (χ3n) is 9.52. The molecule has 10 heteroatoms. The first-order valence-electron chi connectivity index (χ1n) is 15.0. The molecule has 8 heterocycles. The fourth-order valence-electron chi connectivity index (χ4n) is 7.20. The normalized spacial score (nSPS) is 24.5. The number of aromatic nitrogens is 4. The van der Waals surface area contributed by atoms with Gasteiger partial charge in [0.2, 0.25) is 11.9 Å². The second kappa shape index (κ2) is 9.92. The Balaban J connectivity index is 1.04. The predicted molar refractivity (Wildman–Crippen MR) is 152 cm³/mol. The lowest BCUT2D eigenvalue weighted by Gasteiger charge is -2.30. The smallest absolute Gasteiger partial charge is 0.237 e. The number of likely N-dealkylation sites (tertiary alicyclic amines) is 1.